The molecule has 2 N–H and O–H groups in total. The van der Waals surface area contributed by atoms with Crippen LogP contribution in [-0.2, 0) is 6.54 Å². The van der Waals surface area contributed by atoms with E-state index in [4.69, 9.17) is 27.4 Å². The first-order valence-corrected chi connectivity index (χ1v) is 6.23. The van der Waals surface area contributed by atoms with Gasteiger partial charge in [0.15, 0.2) is 11.5 Å². The van der Waals surface area contributed by atoms with Gasteiger partial charge in [-0.15, -0.1) is 0 Å². The molecule has 1 rings (SSSR count). The monoisotopic (exact) mass is 268 g/mol. The van der Waals surface area contributed by atoms with Crippen molar-refractivity contribution in [1.82, 2.24) is 4.90 Å². The number of nitrogens with two attached hydrogens (primary N) is 1. The lowest BCUT2D eigenvalue weighted by atomic mass is 10.2. The maximum absolute atomic E-state index is 5.57. The molecule has 0 saturated heterocycles. The van der Waals surface area contributed by atoms with Gasteiger partial charge in [-0.25, -0.2) is 0 Å². The van der Waals surface area contributed by atoms with Crippen molar-refractivity contribution in [3.05, 3.63) is 23.8 Å². The Morgan fingerprint density at radius 3 is 2.44 bits per heavy atom. The van der Waals surface area contributed by atoms with Gasteiger partial charge in [0.2, 0.25) is 0 Å². The van der Waals surface area contributed by atoms with E-state index >= 15 is 0 Å². The highest BCUT2D eigenvalue weighted by Gasteiger charge is 2.08. The molecule has 0 amide bonds. The number of benzene rings is 1. The molecule has 0 saturated carbocycles. The molecular weight excluding hydrogens is 248 g/mol. The van der Waals surface area contributed by atoms with Crippen LogP contribution in [0.4, 0.5) is 0 Å². The standard InChI is InChI=1S/C13H20N2O2S/c1-4-15(9-13(14)18)8-10-5-6-11(16-2)12(7-10)17-3/h5-7H,4,8-9H2,1-3H3,(H2,14,18). The van der Waals surface area contributed by atoms with Crippen LogP contribution in [-0.4, -0.2) is 37.2 Å². The summed E-state index contributed by atoms with van der Waals surface area (Å²) in [6.07, 6.45) is 0. The molecule has 0 aliphatic carbocycles. The third kappa shape index (κ3) is 4.16. The summed E-state index contributed by atoms with van der Waals surface area (Å²) in [5.74, 6) is 1.47. The summed E-state index contributed by atoms with van der Waals surface area (Å²) in [5.41, 5.74) is 6.71. The summed E-state index contributed by atoms with van der Waals surface area (Å²) in [5, 5.41) is 0. The van der Waals surface area contributed by atoms with Crippen LogP contribution in [0, 0.1) is 0 Å². The second-order valence-corrected chi connectivity index (χ2v) is 4.48. The molecule has 4 nitrogen and oxygen atoms in total. The lowest BCUT2D eigenvalue weighted by Crippen LogP contribution is -2.32. The van der Waals surface area contributed by atoms with Crippen LogP contribution in [0.25, 0.3) is 0 Å². The summed E-state index contributed by atoms with van der Waals surface area (Å²) in [7, 11) is 3.26. The van der Waals surface area contributed by atoms with Gasteiger partial charge >= 0.3 is 0 Å². The summed E-state index contributed by atoms with van der Waals surface area (Å²) in [6.45, 7) is 4.39. The Morgan fingerprint density at radius 1 is 1.28 bits per heavy atom. The first-order valence-electron chi connectivity index (χ1n) is 5.82. The van der Waals surface area contributed by atoms with Crippen molar-refractivity contribution in [2.24, 2.45) is 5.73 Å². The topological polar surface area (TPSA) is 47.7 Å². The number of hydrogen-bond donors (Lipinski definition) is 1. The molecule has 100 valence electrons. The van der Waals surface area contributed by atoms with Crippen molar-refractivity contribution in [3.63, 3.8) is 0 Å². The maximum atomic E-state index is 5.57. The van der Waals surface area contributed by atoms with E-state index in [2.05, 4.69) is 11.8 Å². The van der Waals surface area contributed by atoms with Crippen LogP contribution in [0.5, 0.6) is 11.5 Å². The van der Waals surface area contributed by atoms with E-state index in [1.165, 1.54) is 0 Å². The lowest BCUT2D eigenvalue weighted by molar-refractivity contribution is 0.318. The summed E-state index contributed by atoms with van der Waals surface area (Å²) < 4.78 is 10.5. The molecule has 0 spiro atoms. The third-order valence-corrected chi connectivity index (χ3v) is 2.81. The van der Waals surface area contributed by atoms with E-state index < -0.39 is 0 Å². The second-order valence-electron chi connectivity index (χ2n) is 3.96. The van der Waals surface area contributed by atoms with Crippen molar-refractivity contribution in [2.45, 2.75) is 13.5 Å². The van der Waals surface area contributed by atoms with Crippen LogP contribution in [0.1, 0.15) is 12.5 Å². The normalized spacial score (nSPS) is 10.4. The number of hydrogen-bond acceptors (Lipinski definition) is 4. The highest BCUT2D eigenvalue weighted by molar-refractivity contribution is 7.80. The van der Waals surface area contributed by atoms with Crippen LogP contribution >= 0.6 is 12.2 Å². The Labute approximate surface area is 114 Å². The van der Waals surface area contributed by atoms with Gasteiger partial charge in [0.05, 0.1) is 19.2 Å². The lowest BCUT2D eigenvalue weighted by Gasteiger charge is -2.20. The molecule has 0 atom stereocenters. The second kappa shape index (κ2) is 7.18. The minimum Gasteiger partial charge on any atom is -0.493 e. The Bertz CT molecular complexity index is 410. The van der Waals surface area contributed by atoms with Crippen LogP contribution in [0.2, 0.25) is 0 Å². The van der Waals surface area contributed by atoms with E-state index in [1.54, 1.807) is 14.2 Å². The first-order chi connectivity index (χ1) is 8.60. The van der Waals surface area contributed by atoms with Crippen molar-refractivity contribution in [2.75, 3.05) is 27.3 Å². The van der Waals surface area contributed by atoms with Crippen molar-refractivity contribution in [1.29, 1.82) is 0 Å². The quantitative estimate of drug-likeness (QED) is 0.764. The van der Waals surface area contributed by atoms with Gasteiger partial charge in [-0.1, -0.05) is 25.2 Å². The highest BCUT2D eigenvalue weighted by Crippen LogP contribution is 2.27. The largest absolute Gasteiger partial charge is 0.493 e. The smallest absolute Gasteiger partial charge is 0.161 e. The van der Waals surface area contributed by atoms with Crippen molar-refractivity contribution in [3.8, 4) is 11.5 Å². The first kappa shape index (κ1) is 14.7. The Hall–Kier alpha value is -1.33. The SMILES string of the molecule is CCN(CC(N)=S)Cc1ccc(OC)c(OC)c1. The van der Waals surface area contributed by atoms with Gasteiger partial charge in [-0.3, -0.25) is 4.90 Å². The van der Waals surface area contributed by atoms with Crippen molar-refractivity contribution < 1.29 is 9.47 Å². The summed E-state index contributed by atoms with van der Waals surface area (Å²) >= 11 is 4.93. The minimum absolute atomic E-state index is 0.511. The van der Waals surface area contributed by atoms with Crippen LogP contribution in [0.3, 0.4) is 0 Å². The molecule has 0 radical (unpaired) electrons. The van der Waals surface area contributed by atoms with Crippen LogP contribution in [0.15, 0.2) is 18.2 Å². The fourth-order valence-electron chi connectivity index (χ4n) is 1.74. The van der Waals surface area contributed by atoms with Crippen molar-refractivity contribution >= 4 is 17.2 Å². The highest BCUT2D eigenvalue weighted by atomic mass is 32.1. The van der Waals surface area contributed by atoms with Gasteiger partial charge < -0.3 is 15.2 Å². The Kier molecular flexibility index (Phi) is 5.88. The predicted molar refractivity (Wildman–Crippen MR) is 77.3 cm³/mol. The molecular formula is C13H20N2O2S. The minimum atomic E-state index is 0.511. The molecule has 1 aromatic rings. The van der Waals surface area contributed by atoms with Gasteiger partial charge in [0.25, 0.3) is 0 Å². The van der Waals surface area contributed by atoms with Crippen LogP contribution < -0.4 is 15.2 Å². The zero-order valence-corrected chi connectivity index (χ0v) is 11.9. The van der Waals surface area contributed by atoms with Gasteiger partial charge in [-0.2, -0.15) is 0 Å². The molecule has 0 aliphatic rings. The molecule has 0 aromatic heterocycles. The molecule has 0 aliphatic heterocycles. The van der Waals surface area contributed by atoms with E-state index in [0.29, 0.717) is 11.5 Å². The van der Waals surface area contributed by atoms with Gasteiger partial charge in [0.1, 0.15) is 0 Å². The van der Waals surface area contributed by atoms with E-state index in [0.717, 1.165) is 30.2 Å². The van der Waals surface area contributed by atoms with E-state index in [9.17, 15) is 0 Å². The van der Waals surface area contributed by atoms with Gasteiger partial charge in [0, 0.05) is 13.1 Å². The number of methoxy groups -OCH3 is 2. The van der Waals surface area contributed by atoms with E-state index in [-0.39, 0.29) is 0 Å². The fourth-order valence-corrected chi connectivity index (χ4v) is 1.92. The predicted octanol–water partition coefficient (Wildman–Crippen LogP) is 1.81. The summed E-state index contributed by atoms with van der Waals surface area (Å²) in [6, 6.07) is 5.90. The number of rotatable bonds is 7. The average molecular weight is 268 g/mol. The molecule has 0 fully saturated rings. The average Bonchev–Trinajstić information content (AvgIpc) is 2.37. The Balaban J connectivity index is 2.80. The molecule has 0 heterocycles. The molecule has 0 bridgehead atoms. The zero-order valence-electron chi connectivity index (χ0n) is 11.1. The molecule has 1 aromatic carbocycles. The number of thiocarbonyl (C=S) groups is 1. The zero-order chi connectivity index (χ0) is 13.5. The molecule has 5 heteroatoms. The molecule has 18 heavy (non-hydrogen) atoms. The Morgan fingerprint density at radius 2 is 1.94 bits per heavy atom. The molecule has 0 unspecified atom stereocenters. The third-order valence-electron chi connectivity index (χ3n) is 2.68. The number of nitrogens with zero attached hydrogens (tertiary/aromatic N) is 1. The summed E-state index contributed by atoms with van der Waals surface area (Å²) in [4.78, 5) is 2.68. The fraction of sp³-hybridized carbons (Fsp3) is 0.462. The van der Waals surface area contributed by atoms with E-state index in [1.807, 2.05) is 18.2 Å². The maximum Gasteiger partial charge on any atom is 0.161 e. The van der Waals surface area contributed by atoms with Gasteiger partial charge in [-0.05, 0) is 24.2 Å². The number of likely N-dealkylation sites (N-methyl/N-ethyl adjacent to an activating group) is 1. The number of ether oxygens (including phenoxy) is 2.